The molecule has 4 aromatic rings. The Balaban J connectivity index is 1.09. The molecule has 2 amide bonds. The van der Waals surface area contributed by atoms with Crippen LogP contribution in [0.1, 0.15) is 36.8 Å². The van der Waals surface area contributed by atoms with Gasteiger partial charge in [-0.3, -0.25) is 9.59 Å². The zero-order chi connectivity index (χ0) is 25.0. The van der Waals surface area contributed by atoms with Crippen LogP contribution in [0.2, 0.25) is 0 Å². The molecule has 2 N–H and O–H groups in total. The molecule has 0 radical (unpaired) electrons. The second-order valence-corrected chi connectivity index (χ2v) is 8.80. The van der Waals surface area contributed by atoms with Gasteiger partial charge in [0, 0.05) is 25.2 Å². The number of hydrogen-bond donors (Lipinski definition) is 2. The van der Waals surface area contributed by atoms with Crippen LogP contribution in [0.3, 0.4) is 0 Å². The fourth-order valence-corrected chi connectivity index (χ4v) is 4.27. The summed E-state index contributed by atoms with van der Waals surface area (Å²) in [5.41, 5.74) is 2.08. The Bertz CT molecular complexity index is 1270. The number of carbonyl (C=O) groups is 2. The molecule has 0 spiro atoms. The number of carbonyl (C=O) groups excluding carboxylic acids is 2. The van der Waals surface area contributed by atoms with Gasteiger partial charge in [-0.05, 0) is 57.7 Å². The first-order valence-corrected chi connectivity index (χ1v) is 12.6. The lowest BCUT2D eigenvalue weighted by atomic mass is 10.0. The van der Waals surface area contributed by atoms with Crippen molar-refractivity contribution in [2.75, 3.05) is 13.1 Å². The molecule has 182 valence electrons. The summed E-state index contributed by atoms with van der Waals surface area (Å²) in [7, 11) is 0. The molecule has 0 saturated carbocycles. The van der Waals surface area contributed by atoms with Gasteiger partial charge in [0.05, 0.1) is 0 Å². The van der Waals surface area contributed by atoms with Gasteiger partial charge < -0.3 is 10.6 Å². The number of rotatable bonds is 11. The van der Waals surface area contributed by atoms with Gasteiger partial charge in [0.2, 0.25) is 11.8 Å². The summed E-state index contributed by atoms with van der Waals surface area (Å²) in [5.74, 6) is -0.152. The number of hydrogen-bond acceptors (Lipinski definition) is 2. The Kier molecular flexibility index (Phi) is 9.04. The zero-order valence-corrected chi connectivity index (χ0v) is 20.5. The molecular formula is C32H32N2O2. The number of unbranched alkanes of at least 4 members (excludes halogenated alkanes) is 3. The van der Waals surface area contributed by atoms with E-state index >= 15 is 0 Å². The van der Waals surface area contributed by atoms with Gasteiger partial charge >= 0.3 is 0 Å². The van der Waals surface area contributed by atoms with Gasteiger partial charge in [-0.25, -0.2) is 0 Å². The second kappa shape index (κ2) is 13.1. The first-order chi connectivity index (χ1) is 17.7. The summed E-state index contributed by atoms with van der Waals surface area (Å²) in [6.45, 7) is 1.30. The van der Waals surface area contributed by atoms with Crippen molar-refractivity contribution in [1.29, 1.82) is 0 Å². The highest BCUT2D eigenvalue weighted by Gasteiger charge is 2.01. The van der Waals surface area contributed by atoms with Crippen molar-refractivity contribution >= 4 is 45.5 Å². The van der Waals surface area contributed by atoms with Crippen LogP contribution in [0, 0.1) is 0 Å². The minimum atomic E-state index is -0.0758. The topological polar surface area (TPSA) is 58.2 Å². The SMILES string of the molecule is O=C(C=Cc1cccc2ccccc12)NCCCCCCNC(=O)C=Cc1cccc2ccccc12. The normalized spacial score (nSPS) is 11.4. The molecule has 0 aliphatic rings. The molecule has 0 fully saturated rings. The standard InChI is InChI=1S/C32H32N2O2/c35-31(21-19-27-15-9-13-25-11-3-5-17-29(25)27)33-23-7-1-2-8-24-34-32(36)22-20-28-16-10-14-26-12-4-6-18-30(26)28/h3-6,9-22H,1-2,7-8,23-24H2,(H,33,35)(H,34,36). The monoisotopic (exact) mass is 476 g/mol. The van der Waals surface area contributed by atoms with Crippen molar-refractivity contribution in [3.63, 3.8) is 0 Å². The van der Waals surface area contributed by atoms with E-state index in [0.29, 0.717) is 13.1 Å². The van der Waals surface area contributed by atoms with Gasteiger partial charge in [0.1, 0.15) is 0 Å². The van der Waals surface area contributed by atoms with Crippen LogP contribution in [-0.2, 0) is 9.59 Å². The molecule has 4 aromatic carbocycles. The minimum absolute atomic E-state index is 0.0758. The van der Waals surface area contributed by atoms with E-state index in [1.807, 2.05) is 60.7 Å². The summed E-state index contributed by atoms with van der Waals surface area (Å²) in [4.78, 5) is 24.3. The lowest BCUT2D eigenvalue weighted by Crippen LogP contribution is -2.23. The summed E-state index contributed by atoms with van der Waals surface area (Å²) in [6.07, 6.45) is 10.8. The van der Waals surface area contributed by atoms with E-state index in [-0.39, 0.29) is 11.8 Å². The quantitative estimate of drug-likeness (QED) is 0.191. The Morgan fingerprint density at radius 3 is 1.42 bits per heavy atom. The smallest absolute Gasteiger partial charge is 0.243 e. The van der Waals surface area contributed by atoms with Crippen LogP contribution in [0.15, 0.2) is 97.1 Å². The fourth-order valence-electron chi connectivity index (χ4n) is 4.27. The molecule has 0 aliphatic carbocycles. The van der Waals surface area contributed by atoms with Gasteiger partial charge in [-0.15, -0.1) is 0 Å². The molecule has 0 heterocycles. The number of fused-ring (bicyclic) bond motifs is 2. The van der Waals surface area contributed by atoms with E-state index in [0.717, 1.165) is 58.4 Å². The lowest BCUT2D eigenvalue weighted by molar-refractivity contribution is -0.117. The lowest BCUT2D eigenvalue weighted by Gasteiger charge is -2.05. The average molecular weight is 477 g/mol. The first kappa shape index (κ1) is 24.9. The fraction of sp³-hybridized carbons (Fsp3) is 0.188. The van der Waals surface area contributed by atoms with Gasteiger partial charge in [0.25, 0.3) is 0 Å². The van der Waals surface area contributed by atoms with Crippen LogP contribution in [0.5, 0.6) is 0 Å². The van der Waals surface area contributed by atoms with Crippen LogP contribution in [0.4, 0.5) is 0 Å². The molecule has 0 bridgehead atoms. The maximum Gasteiger partial charge on any atom is 0.243 e. The van der Waals surface area contributed by atoms with E-state index in [9.17, 15) is 9.59 Å². The van der Waals surface area contributed by atoms with E-state index in [4.69, 9.17) is 0 Å². The molecule has 36 heavy (non-hydrogen) atoms. The largest absolute Gasteiger partial charge is 0.353 e. The Morgan fingerprint density at radius 1 is 0.528 bits per heavy atom. The minimum Gasteiger partial charge on any atom is -0.353 e. The van der Waals surface area contributed by atoms with Gasteiger partial charge in [0.15, 0.2) is 0 Å². The highest BCUT2D eigenvalue weighted by molar-refractivity contribution is 5.97. The van der Waals surface area contributed by atoms with Crippen molar-refractivity contribution < 1.29 is 9.59 Å². The van der Waals surface area contributed by atoms with Crippen molar-refractivity contribution in [3.05, 3.63) is 108 Å². The summed E-state index contributed by atoms with van der Waals surface area (Å²) in [6, 6.07) is 28.5. The Labute approximate surface area is 212 Å². The second-order valence-electron chi connectivity index (χ2n) is 8.80. The van der Waals surface area contributed by atoms with Crippen LogP contribution in [-0.4, -0.2) is 24.9 Å². The molecule has 4 rings (SSSR count). The Hall–Kier alpha value is -4.18. The highest BCUT2D eigenvalue weighted by atomic mass is 16.2. The van der Waals surface area contributed by atoms with E-state index < -0.39 is 0 Å². The average Bonchev–Trinajstić information content (AvgIpc) is 2.92. The summed E-state index contributed by atoms with van der Waals surface area (Å²) in [5, 5.41) is 10.5. The van der Waals surface area contributed by atoms with Gasteiger partial charge in [-0.2, -0.15) is 0 Å². The number of amides is 2. The first-order valence-electron chi connectivity index (χ1n) is 12.6. The summed E-state index contributed by atoms with van der Waals surface area (Å²) >= 11 is 0. The number of nitrogens with one attached hydrogen (secondary N) is 2. The van der Waals surface area contributed by atoms with Crippen molar-refractivity contribution in [2.45, 2.75) is 25.7 Å². The molecule has 4 nitrogen and oxygen atoms in total. The predicted octanol–water partition coefficient (Wildman–Crippen LogP) is 6.51. The van der Waals surface area contributed by atoms with E-state index in [2.05, 4.69) is 47.0 Å². The van der Waals surface area contributed by atoms with E-state index in [1.165, 1.54) is 0 Å². The maximum atomic E-state index is 12.1. The van der Waals surface area contributed by atoms with Crippen LogP contribution < -0.4 is 10.6 Å². The van der Waals surface area contributed by atoms with Crippen LogP contribution in [0.25, 0.3) is 33.7 Å². The summed E-state index contributed by atoms with van der Waals surface area (Å²) < 4.78 is 0. The van der Waals surface area contributed by atoms with Crippen molar-refractivity contribution in [1.82, 2.24) is 10.6 Å². The maximum absolute atomic E-state index is 12.1. The third kappa shape index (κ3) is 7.16. The van der Waals surface area contributed by atoms with Gasteiger partial charge in [-0.1, -0.05) is 97.8 Å². The Morgan fingerprint density at radius 2 is 0.944 bits per heavy atom. The molecule has 0 aromatic heterocycles. The molecule has 0 aliphatic heterocycles. The highest BCUT2D eigenvalue weighted by Crippen LogP contribution is 2.20. The molecule has 4 heteroatoms. The van der Waals surface area contributed by atoms with Crippen molar-refractivity contribution in [2.24, 2.45) is 0 Å². The molecule has 0 saturated heterocycles. The van der Waals surface area contributed by atoms with E-state index in [1.54, 1.807) is 12.2 Å². The molecule has 0 atom stereocenters. The van der Waals surface area contributed by atoms with Crippen LogP contribution >= 0.6 is 0 Å². The number of benzene rings is 4. The third-order valence-electron chi connectivity index (χ3n) is 6.18. The predicted molar refractivity (Wildman–Crippen MR) is 150 cm³/mol. The molecular weight excluding hydrogens is 444 g/mol. The molecule has 0 unspecified atom stereocenters. The zero-order valence-electron chi connectivity index (χ0n) is 20.5. The van der Waals surface area contributed by atoms with Crippen molar-refractivity contribution in [3.8, 4) is 0 Å². The third-order valence-corrected chi connectivity index (χ3v) is 6.18.